The largest absolute Gasteiger partial charge is 0.315 e. The Labute approximate surface area is 99.2 Å². The van der Waals surface area contributed by atoms with Crippen molar-refractivity contribution in [2.75, 3.05) is 25.9 Å². The Hall–Kier alpha value is -0.130. The fourth-order valence-electron chi connectivity index (χ4n) is 2.36. The zero-order chi connectivity index (χ0) is 12.0. The van der Waals surface area contributed by atoms with Crippen molar-refractivity contribution in [3.63, 3.8) is 0 Å². The van der Waals surface area contributed by atoms with E-state index in [0.29, 0.717) is 6.54 Å². The molecule has 0 aromatic rings. The molecule has 0 aromatic carbocycles. The van der Waals surface area contributed by atoms with E-state index in [4.69, 9.17) is 0 Å². The minimum absolute atomic E-state index is 0.172. The van der Waals surface area contributed by atoms with Crippen molar-refractivity contribution in [1.29, 1.82) is 0 Å². The molecule has 2 N–H and O–H groups in total. The molecule has 1 saturated carbocycles. The maximum absolute atomic E-state index is 11.2. The maximum atomic E-state index is 11.2. The first-order valence-electron chi connectivity index (χ1n) is 6.15. The van der Waals surface area contributed by atoms with E-state index in [1.807, 2.05) is 0 Å². The van der Waals surface area contributed by atoms with E-state index in [1.165, 1.54) is 32.7 Å². The van der Waals surface area contributed by atoms with E-state index in [9.17, 15) is 8.42 Å². The van der Waals surface area contributed by atoms with Gasteiger partial charge >= 0.3 is 0 Å². The smallest absolute Gasteiger partial charge is 0.212 e. The van der Waals surface area contributed by atoms with Crippen LogP contribution < -0.4 is 10.0 Å². The lowest BCUT2D eigenvalue weighted by Crippen LogP contribution is -2.33. The second kappa shape index (κ2) is 6.57. The molecule has 0 aromatic heterocycles. The molecule has 2 unspecified atom stereocenters. The summed E-state index contributed by atoms with van der Waals surface area (Å²) in [5.74, 6) is 1.74. The quantitative estimate of drug-likeness (QED) is 0.688. The van der Waals surface area contributed by atoms with Gasteiger partial charge in [0.05, 0.1) is 5.75 Å². The molecule has 0 saturated heterocycles. The van der Waals surface area contributed by atoms with E-state index < -0.39 is 10.0 Å². The fraction of sp³-hybridized carbons (Fsp3) is 1.00. The minimum atomic E-state index is -3.05. The van der Waals surface area contributed by atoms with Gasteiger partial charge in [0, 0.05) is 6.54 Å². The third-order valence-electron chi connectivity index (χ3n) is 3.34. The standard InChI is InChI=1S/C11H24N2O2S/c1-10-4-3-5-11(8-10)9-13-6-7-16(14,15)12-2/h10-13H,3-9H2,1-2H3. The highest BCUT2D eigenvalue weighted by atomic mass is 32.2. The van der Waals surface area contributed by atoms with Gasteiger partial charge in [-0.05, 0) is 38.3 Å². The zero-order valence-corrected chi connectivity index (χ0v) is 11.1. The van der Waals surface area contributed by atoms with Crippen molar-refractivity contribution in [3.05, 3.63) is 0 Å². The summed E-state index contributed by atoms with van der Waals surface area (Å²) in [6.45, 7) is 3.81. The summed E-state index contributed by atoms with van der Waals surface area (Å²) in [4.78, 5) is 0. The molecular formula is C11H24N2O2S. The molecule has 96 valence electrons. The number of rotatable bonds is 6. The Morgan fingerprint density at radius 1 is 1.31 bits per heavy atom. The van der Waals surface area contributed by atoms with Crippen LogP contribution in [0, 0.1) is 11.8 Å². The van der Waals surface area contributed by atoms with Crippen LogP contribution in [0.15, 0.2) is 0 Å². The Morgan fingerprint density at radius 2 is 2.06 bits per heavy atom. The van der Waals surface area contributed by atoms with Crippen molar-refractivity contribution in [3.8, 4) is 0 Å². The predicted molar refractivity (Wildman–Crippen MR) is 66.8 cm³/mol. The molecule has 4 nitrogen and oxygen atoms in total. The monoisotopic (exact) mass is 248 g/mol. The Bertz CT molecular complexity index is 290. The lowest BCUT2D eigenvalue weighted by atomic mass is 9.82. The molecule has 1 aliphatic rings. The first kappa shape index (κ1) is 13.9. The van der Waals surface area contributed by atoms with Crippen molar-refractivity contribution in [2.45, 2.75) is 32.6 Å². The second-order valence-electron chi connectivity index (χ2n) is 4.86. The molecule has 0 spiro atoms. The average molecular weight is 248 g/mol. The third kappa shape index (κ3) is 5.27. The molecular weight excluding hydrogens is 224 g/mol. The van der Waals surface area contributed by atoms with Crippen molar-refractivity contribution in [2.24, 2.45) is 11.8 Å². The molecule has 0 amide bonds. The summed E-state index contributed by atoms with van der Waals surface area (Å²) in [7, 11) is -1.59. The normalized spacial score (nSPS) is 26.9. The van der Waals surface area contributed by atoms with Crippen LogP contribution in [0.5, 0.6) is 0 Å². The van der Waals surface area contributed by atoms with Crippen molar-refractivity contribution in [1.82, 2.24) is 10.0 Å². The highest BCUT2D eigenvalue weighted by Gasteiger charge is 2.18. The average Bonchev–Trinajstić information content (AvgIpc) is 2.25. The summed E-state index contributed by atoms with van der Waals surface area (Å²) in [5.41, 5.74) is 0. The maximum Gasteiger partial charge on any atom is 0.212 e. The van der Waals surface area contributed by atoms with E-state index in [2.05, 4.69) is 17.0 Å². The molecule has 2 atom stereocenters. The number of hydrogen-bond acceptors (Lipinski definition) is 3. The van der Waals surface area contributed by atoms with Crippen LogP contribution in [0.2, 0.25) is 0 Å². The summed E-state index contributed by atoms with van der Waals surface area (Å²) in [6.07, 6.45) is 5.24. The molecule has 5 heteroatoms. The third-order valence-corrected chi connectivity index (χ3v) is 4.70. The second-order valence-corrected chi connectivity index (χ2v) is 6.91. The Balaban J connectivity index is 2.11. The molecule has 16 heavy (non-hydrogen) atoms. The summed E-state index contributed by atoms with van der Waals surface area (Å²) in [6, 6.07) is 0. The highest BCUT2D eigenvalue weighted by molar-refractivity contribution is 7.89. The first-order chi connectivity index (χ1) is 7.53. The van der Waals surface area contributed by atoms with Crippen molar-refractivity contribution >= 4 is 10.0 Å². The summed E-state index contributed by atoms with van der Waals surface area (Å²) < 4.78 is 24.6. The van der Waals surface area contributed by atoms with Gasteiger partial charge in [-0.25, -0.2) is 13.1 Å². The van der Waals surface area contributed by atoms with Crippen LogP contribution in [0.25, 0.3) is 0 Å². The van der Waals surface area contributed by atoms with Crippen LogP contribution >= 0.6 is 0 Å². The predicted octanol–water partition coefficient (Wildman–Crippen LogP) is 0.951. The van der Waals surface area contributed by atoms with Crippen LogP contribution in [0.3, 0.4) is 0 Å². The van der Waals surface area contributed by atoms with E-state index in [-0.39, 0.29) is 5.75 Å². The first-order valence-corrected chi connectivity index (χ1v) is 7.80. The molecule has 0 bridgehead atoms. The topological polar surface area (TPSA) is 58.2 Å². The Kier molecular flexibility index (Phi) is 5.72. The van der Waals surface area contributed by atoms with Gasteiger partial charge in [-0.2, -0.15) is 0 Å². The molecule has 0 aliphatic heterocycles. The number of hydrogen-bond donors (Lipinski definition) is 2. The van der Waals surface area contributed by atoms with Crippen LogP contribution in [-0.4, -0.2) is 34.3 Å². The minimum Gasteiger partial charge on any atom is -0.315 e. The van der Waals surface area contributed by atoms with Crippen LogP contribution in [0.1, 0.15) is 32.6 Å². The highest BCUT2D eigenvalue weighted by Crippen LogP contribution is 2.27. The SMILES string of the molecule is CNS(=O)(=O)CCNCC1CCCC(C)C1. The molecule has 1 fully saturated rings. The molecule has 1 aliphatic carbocycles. The fourth-order valence-corrected chi connectivity index (χ4v) is 2.98. The molecule has 0 heterocycles. The summed E-state index contributed by atoms with van der Waals surface area (Å²) >= 11 is 0. The summed E-state index contributed by atoms with van der Waals surface area (Å²) in [5, 5.41) is 3.25. The molecule has 0 radical (unpaired) electrons. The molecule has 1 rings (SSSR count). The van der Waals surface area contributed by atoms with Gasteiger partial charge in [-0.15, -0.1) is 0 Å². The zero-order valence-electron chi connectivity index (χ0n) is 10.3. The number of sulfonamides is 1. The van der Waals surface area contributed by atoms with Crippen LogP contribution in [0.4, 0.5) is 0 Å². The van der Waals surface area contributed by atoms with Gasteiger partial charge in [0.1, 0.15) is 0 Å². The van der Waals surface area contributed by atoms with E-state index in [0.717, 1.165) is 18.4 Å². The lowest BCUT2D eigenvalue weighted by Gasteiger charge is -2.26. The van der Waals surface area contributed by atoms with E-state index >= 15 is 0 Å². The van der Waals surface area contributed by atoms with Crippen molar-refractivity contribution < 1.29 is 8.42 Å². The van der Waals surface area contributed by atoms with Gasteiger partial charge in [-0.3, -0.25) is 0 Å². The number of nitrogens with one attached hydrogen (secondary N) is 2. The van der Waals surface area contributed by atoms with Gasteiger partial charge < -0.3 is 5.32 Å². The Morgan fingerprint density at radius 3 is 2.69 bits per heavy atom. The lowest BCUT2D eigenvalue weighted by molar-refractivity contribution is 0.276. The van der Waals surface area contributed by atoms with E-state index in [1.54, 1.807) is 0 Å². The van der Waals surface area contributed by atoms with Gasteiger partial charge in [-0.1, -0.05) is 19.8 Å². The van der Waals surface area contributed by atoms with Gasteiger partial charge in [0.2, 0.25) is 10.0 Å². The van der Waals surface area contributed by atoms with Gasteiger partial charge in [0.25, 0.3) is 0 Å². The van der Waals surface area contributed by atoms with Crippen LogP contribution in [-0.2, 0) is 10.0 Å². The van der Waals surface area contributed by atoms with Gasteiger partial charge in [0.15, 0.2) is 0 Å².